The predicted molar refractivity (Wildman–Crippen MR) is 127 cm³/mol. The monoisotopic (exact) mass is 447 g/mol. The molecule has 0 saturated heterocycles. The largest absolute Gasteiger partial charge is 0.444 e. The van der Waals surface area contributed by atoms with Gasteiger partial charge in [-0.25, -0.2) is 4.79 Å². The third kappa shape index (κ3) is 4.69. The van der Waals surface area contributed by atoms with Crippen LogP contribution in [-0.4, -0.2) is 38.8 Å². The zero-order chi connectivity index (χ0) is 23.8. The fourth-order valence-electron chi connectivity index (χ4n) is 3.94. The number of nitrogens with zero attached hydrogens (tertiary/aromatic N) is 4. The summed E-state index contributed by atoms with van der Waals surface area (Å²) in [5, 5.41) is 4.57. The molecule has 3 aromatic rings. The van der Waals surface area contributed by atoms with Crippen LogP contribution in [0.3, 0.4) is 0 Å². The van der Waals surface area contributed by atoms with Crippen molar-refractivity contribution in [3.8, 4) is 0 Å². The minimum Gasteiger partial charge on any atom is -0.444 e. The second-order valence-corrected chi connectivity index (χ2v) is 9.12. The lowest BCUT2D eigenvalue weighted by molar-refractivity contribution is 0.0221. The third-order valence-electron chi connectivity index (χ3n) is 5.47. The Morgan fingerprint density at radius 3 is 2.30 bits per heavy atom. The number of ether oxygens (including phenoxy) is 1. The van der Waals surface area contributed by atoms with Gasteiger partial charge in [0.2, 0.25) is 0 Å². The van der Waals surface area contributed by atoms with E-state index in [2.05, 4.69) is 5.10 Å². The van der Waals surface area contributed by atoms with Gasteiger partial charge >= 0.3 is 6.09 Å². The van der Waals surface area contributed by atoms with Gasteiger partial charge in [-0.3, -0.25) is 14.4 Å². The second-order valence-electron chi connectivity index (χ2n) is 9.12. The van der Waals surface area contributed by atoms with Gasteiger partial charge in [0.15, 0.2) is 5.69 Å². The van der Waals surface area contributed by atoms with Gasteiger partial charge in [-0.05, 0) is 57.2 Å². The molecule has 2 aromatic carbocycles. The molecule has 2 amide bonds. The maximum atomic E-state index is 13.9. The highest BCUT2D eigenvalue weighted by atomic mass is 16.6. The molecule has 0 unspecified atom stereocenters. The summed E-state index contributed by atoms with van der Waals surface area (Å²) in [6.07, 6.45) is 0.201. The maximum absolute atomic E-state index is 13.9. The number of aryl methyl sites for hydroxylation is 1. The van der Waals surface area contributed by atoms with Gasteiger partial charge < -0.3 is 15.4 Å². The molecular formula is C25H29N5O3. The molecule has 0 bridgehead atoms. The smallest absolute Gasteiger partial charge is 0.410 e. The molecule has 8 nitrogen and oxygen atoms in total. The molecule has 1 aliphatic heterocycles. The van der Waals surface area contributed by atoms with Crippen LogP contribution in [0.25, 0.3) is 0 Å². The van der Waals surface area contributed by atoms with Gasteiger partial charge in [-0.15, -0.1) is 0 Å². The van der Waals surface area contributed by atoms with Crippen molar-refractivity contribution in [2.45, 2.75) is 39.3 Å². The Morgan fingerprint density at radius 1 is 1.03 bits per heavy atom. The average molecular weight is 448 g/mol. The molecule has 8 heteroatoms. The van der Waals surface area contributed by atoms with Gasteiger partial charge in [0.1, 0.15) is 5.60 Å². The van der Waals surface area contributed by atoms with E-state index in [1.807, 2.05) is 70.3 Å². The number of carbonyl (C=O) groups is 2. The lowest BCUT2D eigenvalue weighted by Gasteiger charge is -2.30. The SMILES string of the molecule is Cn1nc(C(=O)N(c2ccccc2)c2ccc(N)cc2)c2c1CCN(C(=O)OC(C)(C)C)C2. The summed E-state index contributed by atoms with van der Waals surface area (Å²) in [4.78, 5) is 29.8. The lowest BCUT2D eigenvalue weighted by atomic mass is 10.0. The maximum Gasteiger partial charge on any atom is 0.410 e. The van der Waals surface area contributed by atoms with Crippen molar-refractivity contribution in [2.75, 3.05) is 17.2 Å². The van der Waals surface area contributed by atoms with E-state index in [0.717, 1.165) is 11.3 Å². The Balaban J connectivity index is 1.72. The number of nitrogen functional groups attached to an aromatic ring is 1. The van der Waals surface area contributed by atoms with E-state index in [4.69, 9.17) is 10.5 Å². The van der Waals surface area contributed by atoms with Crippen molar-refractivity contribution in [3.05, 3.63) is 71.5 Å². The number of fused-ring (bicyclic) bond motifs is 1. The molecule has 33 heavy (non-hydrogen) atoms. The first-order valence-corrected chi connectivity index (χ1v) is 10.9. The first-order chi connectivity index (χ1) is 15.6. The van der Waals surface area contributed by atoms with Gasteiger partial charge in [0.05, 0.1) is 6.54 Å². The molecule has 1 aromatic heterocycles. The normalized spacial score (nSPS) is 13.4. The minimum absolute atomic E-state index is 0.267. The Labute approximate surface area is 193 Å². The van der Waals surface area contributed by atoms with Crippen molar-refractivity contribution in [1.82, 2.24) is 14.7 Å². The fraction of sp³-hybridized carbons (Fsp3) is 0.320. The first kappa shape index (κ1) is 22.4. The van der Waals surface area contributed by atoms with Crippen LogP contribution in [0.1, 0.15) is 42.5 Å². The van der Waals surface area contributed by atoms with E-state index >= 15 is 0 Å². The molecule has 0 fully saturated rings. The van der Waals surface area contributed by atoms with Gasteiger partial charge in [-0.1, -0.05) is 18.2 Å². The minimum atomic E-state index is -0.593. The van der Waals surface area contributed by atoms with E-state index in [1.54, 1.807) is 26.6 Å². The molecule has 0 saturated carbocycles. The van der Waals surface area contributed by atoms with Crippen LogP contribution in [0.4, 0.5) is 21.9 Å². The molecule has 0 spiro atoms. The van der Waals surface area contributed by atoms with Gasteiger partial charge in [0, 0.05) is 48.3 Å². The summed E-state index contributed by atoms with van der Waals surface area (Å²) in [6, 6.07) is 16.5. The number of para-hydroxylation sites is 1. The highest BCUT2D eigenvalue weighted by molar-refractivity contribution is 6.10. The molecule has 2 heterocycles. The fourth-order valence-corrected chi connectivity index (χ4v) is 3.94. The van der Waals surface area contributed by atoms with Crippen LogP contribution in [0.2, 0.25) is 0 Å². The summed E-state index contributed by atoms with van der Waals surface area (Å²) >= 11 is 0. The number of carbonyl (C=O) groups excluding carboxylic acids is 2. The van der Waals surface area contributed by atoms with Gasteiger partial charge in [0.25, 0.3) is 5.91 Å². The summed E-state index contributed by atoms with van der Waals surface area (Å²) in [6.45, 7) is 6.29. The van der Waals surface area contributed by atoms with Crippen molar-refractivity contribution in [3.63, 3.8) is 0 Å². The molecule has 2 N–H and O–H groups in total. The van der Waals surface area contributed by atoms with E-state index in [9.17, 15) is 9.59 Å². The Bertz CT molecular complexity index is 1160. The molecule has 0 aliphatic carbocycles. The lowest BCUT2D eigenvalue weighted by Crippen LogP contribution is -2.40. The summed E-state index contributed by atoms with van der Waals surface area (Å²) in [5.74, 6) is -0.270. The average Bonchev–Trinajstić information content (AvgIpc) is 3.11. The van der Waals surface area contributed by atoms with Crippen LogP contribution in [0, 0.1) is 0 Å². The number of hydrogen-bond acceptors (Lipinski definition) is 5. The number of aromatic nitrogens is 2. The summed E-state index contributed by atoms with van der Waals surface area (Å²) in [7, 11) is 1.83. The Hall–Kier alpha value is -3.81. The van der Waals surface area contributed by atoms with Crippen LogP contribution in [-0.2, 0) is 24.8 Å². The van der Waals surface area contributed by atoms with E-state index in [0.29, 0.717) is 35.7 Å². The molecule has 0 atom stereocenters. The quantitative estimate of drug-likeness (QED) is 0.605. The van der Waals surface area contributed by atoms with Crippen molar-refractivity contribution in [1.29, 1.82) is 0 Å². The number of anilines is 3. The molecule has 4 rings (SSSR count). The number of amides is 2. The highest BCUT2D eigenvalue weighted by Gasteiger charge is 2.33. The Morgan fingerprint density at radius 2 is 1.67 bits per heavy atom. The van der Waals surface area contributed by atoms with Crippen LogP contribution >= 0.6 is 0 Å². The molecule has 0 radical (unpaired) electrons. The zero-order valence-corrected chi connectivity index (χ0v) is 19.4. The van der Waals surface area contributed by atoms with Crippen LogP contribution in [0.15, 0.2) is 54.6 Å². The zero-order valence-electron chi connectivity index (χ0n) is 19.4. The molecule has 1 aliphatic rings. The van der Waals surface area contributed by atoms with Crippen LogP contribution < -0.4 is 10.6 Å². The van der Waals surface area contributed by atoms with Crippen LogP contribution in [0.5, 0.6) is 0 Å². The highest BCUT2D eigenvalue weighted by Crippen LogP contribution is 2.31. The van der Waals surface area contributed by atoms with Crippen molar-refractivity contribution in [2.24, 2.45) is 7.05 Å². The van der Waals surface area contributed by atoms with Gasteiger partial charge in [-0.2, -0.15) is 5.10 Å². The number of benzene rings is 2. The Kier molecular flexibility index (Phi) is 5.84. The van der Waals surface area contributed by atoms with E-state index in [-0.39, 0.29) is 12.5 Å². The van der Waals surface area contributed by atoms with Crippen molar-refractivity contribution < 1.29 is 14.3 Å². The summed E-state index contributed by atoms with van der Waals surface area (Å²) in [5.41, 5.74) is 9.30. The number of hydrogen-bond donors (Lipinski definition) is 1. The third-order valence-corrected chi connectivity index (χ3v) is 5.47. The predicted octanol–water partition coefficient (Wildman–Crippen LogP) is 4.27. The molecule has 172 valence electrons. The topological polar surface area (TPSA) is 93.7 Å². The van der Waals surface area contributed by atoms with Crippen molar-refractivity contribution >= 4 is 29.1 Å². The van der Waals surface area contributed by atoms with E-state index in [1.165, 1.54) is 0 Å². The first-order valence-electron chi connectivity index (χ1n) is 10.9. The number of rotatable bonds is 3. The van der Waals surface area contributed by atoms with E-state index < -0.39 is 11.7 Å². The summed E-state index contributed by atoms with van der Waals surface area (Å²) < 4.78 is 7.29. The molecular weight excluding hydrogens is 418 g/mol. The number of nitrogens with two attached hydrogens (primary N) is 1. The standard InChI is InChI=1S/C25H29N5O3/c1-25(2,3)33-24(32)29-15-14-21-20(16-29)22(27-28(21)4)23(31)30(18-8-6-5-7-9-18)19-12-10-17(26)11-13-19/h5-13H,14-16,26H2,1-4H3. The second kappa shape index (κ2) is 8.61.